The van der Waals surface area contributed by atoms with Crippen LogP contribution in [0.3, 0.4) is 0 Å². The van der Waals surface area contributed by atoms with Crippen molar-refractivity contribution in [3.63, 3.8) is 0 Å². The molecule has 1 heterocycles. The van der Waals surface area contributed by atoms with Crippen LogP contribution in [-0.4, -0.2) is 23.7 Å². The minimum atomic E-state index is 0.881. The maximum atomic E-state index is 5.13. The first kappa shape index (κ1) is 14.6. The Morgan fingerprint density at radius 1 is 1.18 bits per heavy atom. The molecule has 0 aliphatic rings. The second kappa shape index (κ2) is 8.59. The number of hydrogen-bond acceptors (Lipinski definition) is 4. The van der Waals surface area contributed by atoms with Gasteiger partial charge in [-0.2, -0.15) is 11.8 Å². The van der Waals surface area contributed by atoms with Crippen LogP contribution in [-0.2, 0) is 6.54 Å². The van der Waals surface area contributed by atoms with E-state index in [1.54, 1.807) is 0 Å². The Morgan fingerprint density at radius 3 is 2.59 bits per heavy atom. The number of thioether (sulfide) groups is 1. The maximum absolute atomic E-state index is 5.13. The molecule has 4 heteroatoms. The number of nitrogens with one attached hydrogen (secondary N) is 1. The summed E-state index contributed by atoms with van der Waals surface area (Å²) in [5.74, 6) is 2.24. The lowest BCUT2D eigenvalue weighted by atomic mass is 10.2. The Hall–Kier alpha value is -0.480. The summed E-state index contributed by atoms with van der Waals surface area (Å²) in [6.07, 6.45) is 7.47. The Kier molecular flexibility index (Phi) is 7.37. The summed E-state index contributed by atoms with van der Waals surface area (Å²) in [5.41, 5.74) is 2.22. The maximum Gasteiger partial charge on any atom is 0.138 e. The predicted octanol–water partition coefficient (Wildman–Crippen LogP) is 3.30. The topological polar surface area (TPSA) is 38.1 Å². The third-order valence-electron chi connectivity index (χ3n) is 2.94. The third kappa shape index (κ3) is 5.59. The number of unbranched alkanes of at least 4 members (excludes halogenated alkanes) is 3. The van der Waals surface area contributed by atoms with Crippen molar-refractivity contribution in [3.8, 4) is 0 Å². The monoisotopic (exact) mass is 256 g/mol. The summed E-state index contributed by atoms with van der Waals surface area (Å²) in [5, 5.41) is 7.40. The second-order valence-corrected chi connectivity index (χ2v) is 5.37. The fourth-order valence-corrected chi connectivity index (χ4v) is 2.31. The van der Waals surface area contributed by atoms with E-state index in [1.165, 1.54) is 37.0 Å². The average molecular weight is 256 g/mol. The van der Waals surface area contributed by atoms with Gasteiger partial charge in [0.05, 0.1) is 5.69 Å². The summed E-state index contributed by atoms with van der Waals surface area (Å²) in [6.45, 7) is 5.94. The molecular formula is C13H24N2OS. The van der Waals surface area contributed by atoms with E-state index in [9.17, 15) is 0 Å². The van der Waals surface area contributed by atoms with Gasteiger partial charge < -0.3 is 9.84 Å². The van der Waals surface area contributed by atoms with Crippen molar-refractivity contribution in [2.45, 2.75) is 46.1 Å². The lowest BCUT2D eigenvalue weighted by Crippen LogP contribution is -2.15. The van der Waals surface area contributed by atoms with Crippen LogP contribution in [0.15, 0.2) is 4.52 Å². The summed E-state index contributed by atoms with van der Waals surface area (Å²) in [4.78, 5) is 0. The number of nitrogens with zero attached hydrogens (tertiary/aromatic N) is 1. The van der Waals surface area contributed by atoms with Crippen molar-refractivity contribution < 1.29 is 4.52 Å². The van der Waals surface area contributed by atoms with E-state index in [2.05, 4.69) is 16.7 Å². The van der Waals surface area contributed by atoms with E-state index < -0.39 is 0 Å². The molecule has 3 nitrogen and oxygen atoms in total. The first-order chi connectivity index (χ1) is 8.25. The van der Waals surface area contributed by atoms with Crippen molar-refractivity contribution in [2.24, 2.45) is 0 Å². The van der Waals surface area contributed by atoms with E-state index in [0.29, 0.717) is 0 Å². The summed E-state index contributed by atoms with van der Waals surface area (Å²) in [7, 11) is 0. The number of aryl methyl sites for hydroxylation is 2. The van der Waals surface area contributed by atoms with Crippen molar-refractivity contribution in [3.05, 3.63) is 17.0 Å². The van der Waals surface area contributed by atoms with E-state index in [0.717, 1.165) is 24.5 Å². The Morgan fingerprint density at radius 2 is 1.94 bits per heavy atom. The number of aromatic nitrogens is 1. The van der Waals surface area contributed by atoms with Crippen LogP contribution < -0.4 is 5.32 Å². The zero-order chi connectivity index (χ0) is 12.5. The predicted molar refractivity (Wildman–Crippen MR) is 74.5 cm³/mol. The van der Waals surface area contributed by atoms with E-state index >= 15 is 0 Å². The van der Waals surface area contributed by atoms with Crippen molar-refractivity contribution in [1.82, 2.24) is 10.5 Å². The van der Waals surface area contributed by atoms with Gasteiger partial charge in [0, 0.05) is 12.1 Å². The van der Waals surface area contributed by atoms with Crippen LogP contribution in [0, 0.1) is 13.8 Å². The van der Waals surface area contributed by atoms with Gasteiger partial charge in [0.2, 0.25) is 0 Å². The van der Waals surface area contributed by atoms with Crippen molar-refractivity contribution in [2.75, 3.05) is 18.6 Å². The smallest absolute Gasteiger partial charge is 0.138 e. The van der Waals surface area contributed by atoms with Crippen LogP contribution in [0.5, 0.6) is 0 Å². The molecule has 0 spiro atoms. The van der Waals surface area contributed by atoms with Gasteiger partial charge in [-0.15, -0.1) is 0 Å². The lowest BCUT2D eigenvalue weighted by molar-refractivity contribution is 0.392. The fraction of sp³-hybridized carbons (Fsp3) is 0.769. The van der Waals surface area contributed by atoms with Gasteiger partial charge in [-0.05, 0) is 45.2 Å². The highest BCUT2D eigenvalue weighted by Gasteiger charge is 2.07. The highest BCUT2D eigenvalue weighted by molar-refractivity contribution is 7.98. The van der Waals surface area contributed by atoms with Gasteiger partial charge in [-0.25, -0.2) is 0 Å². The molecule has 0 saturated carbocycles. The van der Waals surface area contributed by atoms with Crippen LogP contribution in [0.2, 0.25) is 0 Å². The van der Waals surface area contributed by atoms with Crippen molar-refractivity contribution >= 4 is 11.8 Å². The molecule has 98 valence electrons. The molecule has 0 saturated heterocycles. The minimum absolute atomic E-state index is 0.881. The minimum Gasteiger partial charge on any atom is -0.361 e. The Balaban J connectivity index is 2.01. The number of rotatable bonds is 9. The molecule has 0 amide bonds. The molecule has 0 bridgehead atoms. The fourth-order valence-electron chi connectivity index (χ4n) is 1.82. The lowest BCUT2D eigenvalue weighted by Gasteiger charge is -2.04. The first-order valence-corrected chi connectivity index (χ1v) is 7.76. The van der Waals surface area contributed by atoms with Crippen molar-refractivity contribution in [1.29, 1.82) is 0 Å². The van der Waals surface area contributed by atoms with Gasteiger partial charge in [-0.3, -0.25) is 0 Å². The molecule has 1 aromatic heterocycles. The van der Waals surface area contributed by atoms with Crippen LogP contribution in [0.1, 0.15) is 42.7 Å². The second-order valence-electron chi connectivity index (χ2n) is 4.39. The van der Waals surface area contributed by atoms with Gasteiger partial charge >= 0.3 is 0 Å². The zero-order valence-corrected chi connectivity index (χ0v) is 12.0. The summed E-state index contributed by atoms with van der Waals surface area (Å²) >= 11 is 1.94. The standard InChI is InChI=1S/C13H24N2OS/c1-11-13(12(2)16-15-11)10-14-8-6-4-5-7-9-17-3/h14H,4-10H2,1-3H3. The molecule has 0 atom stereocenters. The molecule has 1 rings (SSSR count). The van der Waals surface area contributed by atoms with Gasteiger partial charge in [0.25, 0.3) is 0 Å². The summed E-state index contributed by atoms with van der Waals surface area (Å²) < 4.78 is 5.13. The molecule has 0 aliphatic carbocycles. The van der Waals surface area contributed by atoms with Crippen LogP contribution >= 0.6 is 11.8 Å². The van der Waals surface area contributed by atoms with Gasteiger partial charge in [0.1, 0.15) is 5.76 Å². The zero-order valence-electron chi connectivity index (χ0n) is 11.2. The molecule has 0 radical (unpaired) electrons. The average Bonchev–Trinajstić information content (AvgIpc) is 2.63. The van der Waals surface area contributed by atoms with E-state index in [4.69, 9.17) is 4.52 Å². The molecule has 0 unspecified atom stereocenters. The molecule has 0 aromatic carbocycles. The highest BCUT2D eigenvalue weighted by atomic mass is 32.2. The van der Waals surface area contributed by atoms with Crippen LogP contribution in [0.25, 0.3) is 0 Å². The SMILES string of the molecule is CSCCCCCCNCc1c(C)noc1C. The van der Waals surface area contributed by atoms with Gasteiger partial charge in [-0.1, -0.05) is 18.0 Å². The quantitative estimate of drug-likeness (QED) is 0.688. The molecule has 0 fully saturated rings. The molecule has 0 aliphatic heterocycles. The molecule has 1 aromatic rings. The summed E-state index contributed by atoms with van der Waals surface area (Å²) in [6, 6.07) is 0. The molecule has 1 N–H and O–H groups in total. The Labute approximate surface area is 109 Å². The normalized spacial score (nSPS) is 11.0. The van der Waals surface area contributed by atoms with E-state index in [1.807, 2.05) is 25.6 Å². The van der Waals surface area contributed by atoms with Crippen LogP contribution in [0.4, 0.5) is 0 Å². The largest absolute Gasteiger partial charge is 0.361 e. The van der Waals surface area contributed by atoms with E-state index in [-0.39, 0.29) is 0 Å². The third-order valence-corrected chi connectivity index (χ3v) is 3.63. The number of hydrogen-bond donors (Lipinski definition) is 1. The Bertz CT molecular complexity index is 293. The highest BCUT2D eigenvalue weighted by Crippen LogP contribution is 2.11. The molecular weight excluding hydrogens is 232 g/mol. The first-order valence-electron chi connectivity index (χ1n) is 6.37. The molecule has 17 heavy (non-hydrogen) atoms. The van der Waals surface area contributed by atoms with Gasteiger partial charge in [0.15, 0.2) is 0 Å².